The third-order valence-electron chi connectivity index (χ3n) is 1.46. The van der Waals surface area contributed by atoms with Gasteiger partial charge in [0.15, 0.2) is 0 Å². The summed E-state index contributed by atoms with van der Waals surface area (Å²) in [5.74, 6) is 0. The Kier molecular flexibility index (Phi) is 4.83. The van der Waals surface area contributed by atoms with Crippen LogP contribution >= 0.6 is 0 Å². The average Bonchev–Trinajstić information content (AvgIpc) is 1.99. The van der Waals surface area contributed by atoms with Crippen molar-refractivity contribution < 1.29 is 8.42 Å². The summed E-state index contributed by atoms with van der Waals surface area (Å²) in [5, 5.41) is 0. The molecule has 0 amide bonds. The molecule has 13 heavy (non-hydrogen) atoms. The first-order valence-corrected chi connectivity index (χ1v) is 5.80. The minimum absolute atomic E-state index is 0.264. The van der Waals surface area contributed by atoms with Crippen molar-refractivity contribution in [2.45, 2.75) is 32.7 Å². The van der Waals surface area contributed by atoms with Crippen LogP contribution in [0, 0.1) is 0 Å². The van der Waals surface area contributed by atoms with Gasteiger partial charge in [0.05, 0.1) is 0 Å². The van der Waals surface area contributed by atoms with Crippen LogP contribution in [-0.4, -0.2) is 27.0 Å². The van der Waals surface area contributed by atoms with Crippen molar-refractivity contribution in [1.29, 1.82) is 0 Å². The molecule has 6 heteroatoms. The van der Waals surface area contributed by atoms with Gasteiger partial charge in [-0.1, -0.05) is 6.92 Å². The molecule has 0 aromatic heterocycles. The molecule has 0 heterocycles. The van der Waals surface area contributed by atoms with Crippen molar-refractivity contribution in [2.24, 2.45) is 5.73 Å². The van der Waals surface area contributed by atoms with Gasteiger partial charge in [-0.2, -0.15) is 13.1 Å². The Hall–Kier alpha value is -0.170. The molecule has 0 bridgehead atoms. The molecule has 0 atom stereocenters. The Morgan fingerprint density at radius 1 is 1.38 bits per heavy atom. The van der Waals surface area contributed by atoms with Crippen molar-refractivity contribution in [3.05, 3.63) is 0 Å². The summed E-state index contributed by atoms with van der Waals surface area (Å²) in [7, 11) is -3.39. The number of nitrogens with one attached hydrogen (secondary N) is 2. The summed E-state index contributed by atoms with van der Waals surface area (Å²) >= 11 is 0. The number of nitrogens with two attached hydrogens (primary N) is 1. The lowest BCUT2D eigenvalue weighted by molar-refractivity contribution is 0.457. The first kappa shape index (κ1) is 12.8. The quantitative estimate of drug-likeness (QED) is 0.554. The molecular formula is C7H19N3O2S. The minimum Gasteiger partial charge on any atom is -0.329 e. The van der Waals surface area contributed by atoms with Gasteiger partial charge in [0.1, 0.15) is 0 Å². The zero-order chi connectivity index (χ0) is 10.5. The van der Waals surface area contributed by atoms with E-state index in [1.165, 1.54) is 0 Å². The fourth-order valence-electron chi connectivity index (χ4n) is 0.678. The molecule has 0 aliphatic rings. The summed E-state index contributed by atoms with van der Waals surface area (Å²) in [6.45, 7) is 6.07. The maximum atomic E-state index is 11.3. The summed E-state index contributed by atoms with van der Waals surface area (Å²) in [4.78, 5) is 0. The van der Waals surface area contributed by atoms with Crippen LogP contribution in [0.4, 0.5) is 0 Å². The van der Waals surface area contributed by atoms with Crippen LogP contribution in [0.15, 0.2) is 0 Å². The van der Waals surface area contributed by atoms with Gasteiger partial charge >= 0.3 is 0 Å². The lowest BCUT2D eigenvalue weighted by atomic mass is 10.1. The molecule has 0 saturated carbocycles. The van der Waals surface area contributed by atoms with Gasteiger partial charge < -0.3 is 5.73 Å². The van der Waals surface area contributed by atoms with Crippen LogP contribution in [0.25, 0.3) is 0 Å². The number of rotatable bonds is 6. The molecule has 0 rings (SSSR count). The van der Waals surface area contributed by atoms with Crippen LogP contribution in [0.1, 0.15) is 27.2 Å². The first-order chi connectivity index (χ1) is 5.83. The van der Waals surface area contributed by atoms with E-state index in [1.807, 2.05) is 6.92 Å². The molecule has 80 valence electrons. The van der Waals surface area contributed by atoms with Crippen molar-refractivity contribution in [1.82, 2.24) is 9.44 Å². The van der Waals surface area contributed by atoms with Crippen molar-refractivity contribution in [3.8, 4) is 0 Å². The van der Waals surface area contributed by atoms with Crippen LogP contribution in [0.5, 0.6) is 0 Å². The topological polar surface area (TPSA) is 84.2 Å². The van der Waals surface area contributed by atoms with Gasteiger partial charge in [0, 0.05) is 18.6 Å². The maximum Gasteiger partial charge on any atom is 0.277 e. The van der Waals surface area contributed by atoms with Gasteiger partial charge in [-0.15, -0.1) is 0 Å². The third kappa shape index (κ3) is 5.98. The average molecular weight is 209 g/mol. The van der Waals surface area contributed by atoms with E-state index in [0.29, 0.717) is 6.54 Å². The molecule has 0 spiro atoms. The number of hydrogen-bond donors (Lipinski definition) is 3. The third-order valence-corrected chi connectivity index (χ3v) is 2.87. The highest BCUT2D eigenvalue weighted by Gasteiger charge is 2.22. The van der Waals surface area contributed by atoms with E-state index >= 15 is 0 Å². The number of hydrogen-bond acceptors (Lipinski definition) is 3. The Morgan fingerprint density at radius 2 is 1.92 bits per heavy atom. The van der Waals surface area contributed by atoms with E-state index in [-0.39, 0.29) is 6.54 Å². The van der Waals surface area contributed by atoms with Crippen molar-refractivity contribution >= 4 is 10.2 Å². The molecule has 0 saturated heterocycles. The Bertz CT molecular complexity index is 236. The molecule has 0 aromatic carbocycles. The van der Waals surface area contributed by atoms with Crippen LogP contribution in [-0.2, 0) is 10.2 Å². The molecule has 0 aliphatic carbocycles. The monoisotopic (exact) mass is 209 g/mol. The van der Waals surface area contributed by atoms with Gasteiger partial charge in [0.2, 0.25) is 0 Å². The van der Waals surface area contributed by atoms with Gasteiger partial charge in [-0.25, -0.2) is 4.72 Å². The lowest BCUT2D eigenvalue weighted by Gasteiger charge is -2.23. The summed E-state index contributed by atoms with van der Waals surface area (Å²) in [6.07, 6.45) is 0.768. The zero-order valence-corrected chi connectivity index (χ0v) is 9.24. The van der Waals surface area contributed by atoms with Gasteiger partial charge in [-0.3, -0.25) is 0 Å². The molecular weight excluding hydrogens is 190 g/mol. The normalized spacial score (nSPS) is 13.2. The minimum atomic E-state index is -3.39. The van der Waals surface area contributed by atoms with E-state index in [1.54, 1.807) is 13.8 Å². The second-order valence-corrected chi connectivity index (χ2v) is 5.09. The molecule has 0 fully saturated rings. The molecule has 5 nitrogen and oxygen atoms in total. The second kappa shape index (κ2) is 4.90. The summed E-state index contributed by atoms with van der Waals surface area (Å²) in [6, 6.07) is 0. The van der Waals surface area contributed by atoms with E-state index in [0.717, 1.165) is 6.42 Å². The standard InChI is InChI=1S/C7H19N3O2S/c1-4-5-9-13(11,12)10-7(2,3)6-8/h9-10H,4-6,8H2,1-3H3. The predicted molar refractivity (Wildman–Crippen MR) is 53.5 cm³/mol. The Balaban J connectivity index is 4.18. The fourth-order valence-corrected chi connectivity index (χ4v) is 2.03. The zero-order valence-electron chi connectivity index (χ0n) is 8.42. The SMILES string of the molecule is CCCNS(=O)(=O)NC(C)(C)CN. The highest BCUT2D eigenvalue weighted by atomic mass is 32.2. The van der Waals surface area contributed by atoms with Gasteiger partial charge in [-0.05, 0) is 20.3 Å². The van der Waals surface area contributed by atoms with E-state index < -0.39 is 15.7 Å². The maximum absolute atomic E-state index is 11.3. The van der Waals surface area contributed by atoms with E-state index in [2.05, 4.69) is 9.44 Å². The smallest absolute Gasteiger partial charge is 0.277 e. The highest BCUT2D eigenvalue weighted by molar-refractivity contribution is 7.87. The Morgan fingerprint density at radius 3 is 2.31 bits per heavy atom. The largest absolute Gasteiger partial charge is 0.329 e. The van der Waals surface area contributed by atoms with Crippen LogP contribution in [0.2, 0.25) is 0 Å². The van der Waals surface area contributed by atoms with Crippen LogP contribution < -0.4 is 15.2 Å². The summed E-state index contributed by atoms with van der Waals surface area (Å²) in [5.41, 5.74) is 4.79. The van der Waals surface area contributed by atoms with Gasteiger partial charge in [0.25, 0.3) is 10.2 Å². The van der Waals surface area contributed by atoms with E-state index in [4.69, 9.17) is 5.73 Å². The van der Waals surface area contributed by atoms with Crippen molar-refractivity contribution in [3.63, 3.8) is 0 Å². The van der Waals surface area contributed by atoms with Crippen molar-refractivity contribution in [2.75, 3.05) is 13.1 Å². The predicted octanol–water partition coefficient (Wildman–Crippen LogP) is -0.442. The summed E-state index contributed by atoms with van der Waals surface area (Å²) < 4.78 is 27.4. The molecule has 0 aromatic rings. The van der Waals surface area contributed by atoms with E-state index in [9.17, 15) is 8.42 Å². The molecule has 0 aliphatic heterocycles. The molecule has 0 unspecified atom stereocenters. The Labute approximate surface area is 80.3 Å². The second-order valence-electron chi connectivity index (χ2n) is 3.59. The van der Waals surface area contributed by atoms with Crippen LogP contribution in [0.3, 0.4) is 0 Å². The molecule has 4 N–H and O–H groups in total. The highest BCUT2D eigenvalue weighted by Crippen LogP contribution is 1.99. The molecule has 0 radical (unpaired) electrons. The first-order valence-electron chi connectivity index (χ1n) is 4.31. The lowest BCUT2D eigenvalue weighted by Crippen LogP contribution is -2.52. The fraction of sp³-hybridized carbons (Fsp3) is 1.00.